The first-order valence-electron chi connectivity index (χ1n) is 6.84. The van der Waals surface area contributed by atoms with Crippen LogP contribution in [-0.2, 0) is 4.79 Å². The lowest BCUT2D eigenvalue weighted by molar-refractivity contribution is -0.125. The Hall–Kier alpha value is -0.850. The third-order valence-electron chi connectivity index (χ3n) is 3.00. The normalized spacial score (nSPS) is 13.2. The van der Waals surface area contributed by atoms with Crippen LogP contribution in [0.4, 0.5) is 4.39 Å². The number of rotatable bonds is 7. The molecule has 0 aliphatic heterocycles. The summed E-state index contributed by atoms with van der Waals surface area (Å²) in [7, 11) is 0. The summed E-state index contributed by atoms with van der Waals surface area (Å²) >= 11 is 3.16. The molecule has 22 heavy (non-hydrogen) atoms. The van der Waals surface area contributed by atoms with Crippen LogP contribution in [0.1, 0.15) is 27.2 Å². The van der Waals surface area contributed by atoms with Gasteiger partial charge in [0.05, 0.1) is 0 Å². The van der Waals surface area contributed by atoms with Crippen LogP contribution in [0.2, 0.25) is 0 Å². The molecule has 0 spiro atoms. The van der Waals surface area contributed by atoms with Gasteiger partial charge in [0, 0.05) is 16.6 Å². The highest BCUT2D eigenvalue weighted by Gasteiger charge is 2.26. The summed E-state index contributed by atoms with van der Waals surface area (Å²) in [4.78, 5) is 11.9. The molecular weight excluding hydrogens is 375 g/mol. The Morgan fingerprint density at radius 2 is 2.14 bits per heavy atom. The zero-order valence-electron chi connectivity index (χ0n) is 13.0. The van der Waals surface area contributed by atoms with Crippen LogP contribution in [0, 0.1) is 11.7 Å². The monoisotopic (exact) mass is 396 g/mol. The minimum atomic E-state index is -0.513. The Morgan fingerprint density at radius 1 is 1.50 bits per heavy atom. The van der Waals surface area contributed by atoms with E-state index in [1.165, 1.54) is 12.1 Å². The maximum Gasteiger partial charge on any atom is 0.258 e. The number of nitrogens with one attached hydrogen (secondary N) is 1. The molecule has 0 aliphatic rings. The van der Waals surface area contributed by atoms with Crippen molar-refractivity contribution >= 4 is 34.2 Å². The van der Waals surface area contributed by atoms with Crippen LogP contribution in [0.25, 0.3) is 0 Å². The largest absolute Gasteiger partial charge is 0.481 e. The number of hydrogen-bond acceptors (Lipinski definition) is 3. The lowest BCUT2D eigenvalue weighted by Crippen LogP contribution is -2.53. The van der Waals surface area contributed by atoms with E-state index in [0.29, 0.717) is 16.9 Å². The summed E-state index contributed by atoms with van der Waals surface area (Å²) in [6.07, 6.45) is 0.766. The Morgan fingerprint density at radius 3 is 2.64 bits per heavy atom. The van der Waals surface area contributed by atoms with E-state index in [2.05, 4.69) is 35.1 Å². The van der Waals surface area contributed by atoms with Crippen molar-refractivity contribution in [3.8, 4) is 5.75 Å². The van der Waals surface area contributed by atoms with Gasteiger partial charge in [0.15, 0.2) is 18.2 Å². The highest BCUT2D eigenvalue weighted by atomic mass is 79.9. The molecule has 1 amide bonds. The summed E-state index contributed by atoms with van der Waals surface area (Å²) < 4.78 is 19.4. The van der Waals surface area contributed by atoms with E-state index in [1.54, 1.807) is 6.07 Å². The highest BCUT2D eigenvalue weighted by molar-refractivity contribution is 9.10. The Bertz CT molecular complexity index is 502. The summed E-state index contributed by atoms with van der Waals surface area (Å²) in [5.41, 5.74) is 5.25. The number of ether oxygens (including phenoxy) is 1. The minimum absolute atomic E-state index is 0. The molecule has 126 valence electrons. The van der Waals surface area contributed by atoms with E-state index >= 15 is 0 Å². The van der Waals surface area contributed by atoms with Crippen molar-refractivity contribution in [2.24, 2.45) is 11.7 Å². The fourth-order valence-corrected chi connectivity index (χ4v) is 2.53. The molecule has 0 fully saturated rings. The average molecular weight is 398 g/mol. The van der Waals surface area contributed by atoms with Gasteiger partial charge in [-0.05, 0) is 37.5 Å². The smallest absolute Gasteiger partial charge is 0.258 e. The lowest BCUT2D eigenvalue weighted by atomic mass is 9.91. The number of nitrogens with two attached hydrogens (primary N) is 1. The Labute approximate surface area is 145 Å². The Balaban J connectivity index is 0.00000441. The van der Waals surface area contributed by atoms with E-state index < -0.39 is 11.4 Å². The van der Waals surface area contributed by atoms with Crippen molar-refractivity contribution in [1.29, 1.82) is 0 Å². The standard InChI is InChI=1S/C15H22BrFN2O2.ClH/c1-10(2)7-15(3,9-18)19-14(20)8-21-13-5-4-11(16)6-12(13)17;/h4-6,10H,7-9,18H2,1-3H3,(H,19,20);1H. The molecule has 0 bridgehead atoms. The minimum Gasteiger partial charge on any atom is -0.481 e. The molecule has 1 aromatic carbocycles. The highest BCUT2D eigenvalue weighted by Crippen LogP contribution is 2.21. The maximum absolute atomic E-state index is 13.6. The van der Waals surface area contributed by atoms with E-state index in [-0.39, 0.29) is 30.7 Å². The average Bonchev–Trinajstić information content (AvgIpc) is 2.36. The number of benzene rings is 1. The van der Waals surface area contributed by atoms with Crippen molar-refractivity contribution in [3.05, 3.63) is 28.5 Å². The molecule has 4 nitrogen and oxygen atoms in total. The van der Waals surface area contributed by atoms with Crippen LogP contribution >= 0.6 is 28.3 Å². The van der Waals surface area contributed by atoms with E-state index in [0.717, 1.165) is 6.42 Å². The number of amides is 1. The van der Waals surface area contributed by atoms with Crippen molar-refractivity contribution in [2.45, 2.75) is 32.7 Å². The van der Waals surface area contributed by atoms with Gasteiger partial charge in [-0.2, -0.15) is 0 Å². The number of carbonyl (C=O) groups is 1. The summed E-state index contributed by atoms with van der Waals surface area (Å²) in [5, 5.41) is 2.85. The quantitative estimate of drug-likeness (QED) is 0.742. The zero-order chi connectivity index (χ0) is 16.0. The number of hydrogen-bond donors (Lipinski definition) is 2. The third-order valence-corrected chi connectivity index (χ3v) is 3.50. The van der Waals surface area contributed by atoms with E-state index in [9.17, 15) is 9.18 Å². The molecule has 0 saturated heterocycles. The second kappa shape index (κ2) is 9.33. The van der Waals surface area contributed by atoms with Gasteiger partial charge in [0.25, 0.3) is 5.91 Å². The topological polar surface area (TPSA) is 64.3 Å². The molecule has 3 N–H and O–H groups in total. The van der Waals surface area contributed by atoms with Crippen LogP contribution < -0.4 is 15.8 Å². The van der Waals surface area contributed by atoms with Gasteiger partial charge >= 0.3 is 0 Å². The van der Waals surface area contributed by atoms with Crippen LogP contribution in [0.5, 0.6) is 5.75 Å². The van der Waals surface area contributed by atoms with Gasteiger partial charge in [0.2, 0.25) is 0 Å². The lowest BCUT2D eigenvalue weighted by Gasteiger charge is -2.31. The van der Waals surface area contributed by atoms with Gasteiger partial charge in [0.1, 0.15) is 0 Å². The summed E-state index contributed by atoms with van der Waals surface area (Å²) in [6, 6.07) is 4.41. The van der Waals surface area contributed by atoms with Gasteiger partial charge in [-0.25, -0.2) is 4.39 Å². The summed E-state index contributed by atoms with van der Waals surface area (Å²) in [6.45, 7) is 6.11. The van der Waals surface area contributed by atoms with Gasteiger partial charge in [-0.15, -0.1) is 12.4 Å². The van der Waals surface area contributed by atoms with Crippen molar-refractivity contribution in [3.63, 3.8) is 0 Å². The Kier molecular flexibility index (Phi) is 8.96. The molecule has 0 radical (unpaired) electrons. The second-order valence-corrected chi connectivity index (χ2v) is 6.69. The van der Waals surface area contributed by atoms with Crippen molar-refractivity contribution in [1.82, 2.24) is 5.32 Å². The first-order valence-corrected chi connectivity index (χ1v) is 7.64. The molecule has 7 heteroatoms. The number of carbonyl (C=O) groups excluding carboxylic acids is 1. The molecule has 1 rings (SSSR count). The third kappa shape index (κ3) is 6.94. The molecule has 0 aliphatic carbocycles. The maximum atomic E-state index is 13.6. The fourth-order valence-electron chi connectivity index (χ4n) is 2.19. The predicted molar refractivity (Wildman–Crippen MR) is 91.9 cm³/mol. The summed E-state index contributed by atoms with van der Waals surface area (Å²) in [5.74, 6) is -0.373. The van der Waals surface area contributed by atoms with Gasteiger partial charge in [-0.1, -0.05) is 29.8 Å². The van der Waals surface area contributed by atoms with Crippen LogP contribution in [0.15, 0.2) is 22.7 Å². The van der Waals surface area contributed by atoms with Gasteiger partial charge < -0.3 is 15.8 Å². The van der Waals surface area contributed by atoms with Crippen molar-refractivity contribution in [2.75, 3.05) is 13.2 Å². The molecule has 0 saturated carbocycles. The van der Waals surface area contributed by atoms with Gasteiger partial charge in [-0.3, -0.25) is 4.79 Å². The molecular formula is C15H23BrClFN2O2. The first kappa shape index (κ1) is 21.1. The number of halogens is 3. The first-order chi connectivity index (χ1) is 9.75. The van der Waals surface area contributed by atoms with Crippen LogP contribution in [0.3, 0.4) is 0 Å². The SMILES string of the molecule is CC(C)CC(C)(CN)NC(=O)COc1ccc(Br)cc1F.Cl. The zero-order valence-corrected chi connectivity index (χ0v) is 15.4. The molecule has 1 atom stereocenters. The second-order valence-electron chi connectivity index (χ2n) is 5.77. The predicted octanol–water partition coefficient (Wildman–Crippen LogP) is 3.27. The van der Waals surface area contributed by atoms with Crippen LogP contribution in [-0.4, -0.2) is 24.6 Å². The fraction of sp³-hybridized carbons (Fsp3) is 0.533. The molecule has 0 aromatic heterocycles. The van der Waals surface area contributed by atoms with E-state index in [1.807, 2.05) is 6.92 Å². The molecule has 1 unspecified atom stereocenters. The molecule has 0 heterocycles. The molecule has 1 aromatic rings. The van der Waals surface area contributed by atoms with Crippen molar-refractivity contribution < 1.29 is 13.9 Å². The van der Waals surface area contributed by atoms with E-state index in [4.69, 9.17) is 10.5 Å².